The third-order valence-electron chi connectivity index (χ3n) is 5.19. The molecule has 0 fully saturated rings. The van der Waals surface area contributed by atoms with E-state index in [1.54, 1.807) is 0 Å². The van der Waals surface area contributed by atoms with Gasteiger partial charge in [0.05, 0.1) is 12.3 Å². The molecule has 0 aliphatic rings. The fourth-order valence-corrected chi connectivity index (χ4v) is 3.45. The SMILES string of the molecule is CC.CC.CC.CC.CC.CNc1nccc(-c2cc3cc(CN[C@H](CO)C(C)(C)C)ccc3[nH]2)c1NC. The van der Waals surface area contributed by atoms with E-state index in [1.165, 1.54) is 5.56 Å². The van der Waals surface area contributed by atoms with Gasteiger partial charge < -0.3 is 26.0 Å². The van der Waals surface area contributed by atoms with Gasteiger partial charge in [0.25, 0.3) is 0 Å². The maximum absolute atomic E-state index is 9.65. The van der Waals surface area contributed by atoms with E-state index in [0.29, 0.717) is 0 Å². The number of aromatic nitrogens is 2. The second kappa shape index (κ2) is 23.5. The van der Waals surface area contributed by atoms with Gasteiger partial charge in [-0.25, -0.2) is 4.98 Å². The van der Waals surface area contributed by atoms with Gasteiger partial charge in [-0.1, -0.05) is 96.1 Å². The Hall–Kier alpha value is -2.57. The third kappa shape index (κ3) is 12.3. The number of nitrogens with one attached hydrogen (secondary N) is 4. The molecule has 3 aromatic rings. The number of hydrogen-bond acceptors (Lipinski definition) is 5. The molecular weight excluding hydrogens is 470 g/mol. The van der Waals surface area contributed by atoms with Gasteiger partial charge in [-0.2, -0.15) is 0 Å². The average molecular weight is 532 g/mol. The standard InChI is InChI=1S/C22H31N5O.5C2H6/c1-22(2,3)19(13-28)26-12-14-6-7-17-15(10-14)11-18(27-17)16-8-9-25-21(24-5)20(16)23-4;5*1-2/h6-11,19,23,26-28H,12-13H2,1-5H3,(H,24,25);5*1-2H3/t19-;;;;;/m1...../s1. The van der Waals surface area contributed by atoms with Crippen molar-refractivity contribution in [3.8, 4) is 11.3 Å². The summed E-state index contributed by atoms with van der Waals surface area (Å²) in [5, 5.41) is 20.7. The Balaban J connectivity index is -0.00000110. The number of hydrogen-bond donors (Lipinski definition) is 5. The Bertz CT molecular complexity index is 945. The number of aliphatic hydroxyl groups is 1. The second-order valence-corrected chi connectivity index (χ2v) is 8.17. The Morgan fingerprint density at radius 3 is 1.89 bits per heavy atom. The Kier molecular flexibility index (Phi) is 24.7. The monoisotopic (exact) mass is 531 g/mol. The first kappa shape index (κ1) is 39.9. The Morgan fingerprint density at radius 2 is 1.42 bits per heavy atom. The van der Waals surface area contributed by atoms with Crippen molar-refractivity contribution >= 4 is 22.4 Å². The molecule has 0 saturated heterocycles. The van der Waals surface area contributed by atoms with E-state index in [2.05, 4.69) is 71.0 Å². The van der Waals surface area contributed by atoms with Crippen LogP contribution in [0.2, 0.25) is 0 Å². The summed E-state index contributed by atoms with van der Waals surface area (Å²) < 4.78 is 0. The van der Waals surface area contributed by atoms with Gasteiger partial charge >= 0.3 is 0 Å². The number of aromatic amines is 1. The van der Waals surface area contributed by atoms with Crippen LogP contribution in [0.15, 0.2) is 36.5 Å². The fourth-order valence-electron chi connectivity index (χ4n) is 3.45. The summed E-state index contributed by atoms with van der Waals surface area (Å²) in [6.45, 7) is 27.3. The minimum Gasteiger partial charge on any atom is -0.395 e. The highest BCUT2D eigenvalue weighted by Crippen LogP contribution is 2.33. The number of benzene rings is 1. The fraction of sp³-hybridized carbons (Fsp3) is 0.594. The van der Waals surface area contributed by atoms with Crippen molar-refractivity contribution in [2.45, 2.75) is 103 Å². The van der Waals surface area contributed by atoms with Crippen molar-refractivity contribution in [2.75, 3.05) is 31.3 Å². The molecule has 0 aliphatic carbocycles. The molecule has 2 aromatic heterocycles. The molecule has 1 aromatic carbocycles. The van der Waals surface area contributed by atoms with Gasteiger partial charge in [0, 0.05) is 55.0 Å². The summed E-state index contributed by atoms with van der Waals surface area (Å²) in [4.78, 5) is 7.88. The number of pyridine rings is 1. The molecule has 2 heterocycles. The van der Waals surface area contributed by atoms with Gasteiger partial charge in [-0.3, -0.25) is 0 Å². The molecular formula is C32H61N5O. The largest absolute Gasteiger partial charge is 0.395 e. The van der Waals surface area contributed by atoms with Crippen LogP contribution >= 0.6 is 0 Å². The molecule has 0 spiro atoms. The predicted molar refractivity (Wildman–Crippen MR) is 175 cm³/mol. The van der Waals surface area contributed by atoms with E-state index < -0.39 is 0 Å². The highest BCUT2D eigenvalue weighted by atomic mass is 16.3. The normalized spacial score (nSPS) is 10.3. The van der Waals surface area contributed by atoms with Crippen LogP contribution in [0, 0.1) is 5.41 Å². The van der Waals surface area contributed by atoms with Crippen molar-refractivity contribution in [1.29, 1.82) is 0 Å². The molecule has 0 amide bonds. The summed E-state index contributed by atoms with van der Waals surface area (Å²) in [6.07, 6.45) is 1.81. The van der Waals surface area contributed by atoms with E-state index in [0.717, 1.165) is 40.2 Å². The Labute approximate surface area is 235 Å². The van der Waals surface area contributed by atoms with E-state index >= 15 is 0 Å². The van der Waals surface area contributed by atoms with Gasteiger partial charge in [0.2, 0.25) is 0 Å². The summed E-state index contributed by atoms with van der Waals surface area (Å²) >= 11 is 0. The zero-order chi connectivity index (χ0) is 30.3. The van der Waals surface area contributed by atoms with E-state index in [1.807, 2.05) is 95.6 Å². The van der Waals surface area contributed by atoms with Crippen molar-refractivity contribution in [2.24, 2.45) is 5.41 Å². The van der Waals surface area contributed by atoms with Crippen molar-refractivity contribution < 1.29 is 5.11 Å². The molecule has 38 heavy (non-hydrogen) atoms. The maximum Gasteiger partial charge on any atom is 0.149 e. The molecule has 5 N–H and O–H groups in total. The second-order valence-electron chi connectivity index (χ2n) is 8.17. The van der Waals surface area contributed by atoms with Crippen LogP contribution in [0.1, 0.15) is 95.6 Å². The number of rotatable bonds is 7. The van der Waals surface area contributed by atoms with E-state index in [-0.39, 0.29) is 18.1 Å². The lowest BCUT2D eigenvalue weighted by molar-refractivity contribution is 0.158. The smallest absolute Gasteiger partial charge is 0.149 e. The first-order valence-corrected chi connectivity index (χ1v) is 14.7. The third-order valence-corrected chi connectivity index (χ3v) is 5.19. The molecule has 0 bridgehead atoms. The predicted octanol–water partition coefficient (Wildman–Crippen LogP) is 8.94. The van der Waals surface area contributed by atoms with Crippen LogP contribution in [0.25, 0.3) is 22.2 Å². The van der Waals surface area contributed by atoms with Crippen molar-refractivity contribution in [3.05, 3.63) is 42.1 Å². The molecule has 0 unspecified atom stereocenters. The van der Waals surface area contributed by atoms with Crippen LogP contribution in [0.4, 0.5) is 11.5 Å². The minimum absolute atomic E-state index is 0.00995. The van der Waals surface area contributed by atoms with Crippen molar-refractivity contribution in [1.82, 2.24) is 15.3 Å². The zero-order valence-corrected chi connectivity index (χ0v) is 27.4. The van der Waals surface area contributed by atoms with Gasteiger partial charge in [-0.15, -0.1) is 0 Å². The van der Waals surface area contributed by atoms with Gasteiger partial charge in [0.1, 0.15) is 5.82 Å². The van der Waals surface area contributed by atoms with Crippen LogP contribution in [-0.2, 0) is 6.54 Å². The van der Waals surface area contributed by atoms with E-state index in [4.69, 9.17) is 0 Å². The molecule has 0 aliphatic heterocycles. The summed E-state index contributed by atoms with van der Waals surface area (Å²) in [7, 11) is 3.77. The quantitative estimate of drug-likeness (QED) is 0.210. The number of nitrogens with zero attached hydrogens (tertiary/aromatic N) is 1. The molecule has 3 rings (SSSR count). The van der Waals surface area contributed by atoms with Crippen molar-refractivity contribution in [3.63, 3.8) is 0 Å². The number of anilines is 2. The molecule has 1 atom stereocenters. The summed E-state index contributed by atoms with van der Waals surface area (Å²) in [5.41, 5.74) is 5.39. The van der Waals surface area contributed by atoms with Crippen LogP contribution in [0.5, 0.6) is 0 Å². The molecule has 0 saturated carbocycles. The highest BCUT2D eigenvalue weighted by Gasteiger charge is 2.23. The van der Waals surface area contributed by atoms with Crippen LogP contribution in [0.3, 0.4) is 0 Å². The Morgan fingerprint density at radius 1 is 0.842 bits per heavy atom. The first-order valence-electron chi connectivity index (χ1n) is 14.7. The molecule has 220 valence electrons. The number of fused-ring (bicyclic) bond motifs is 1. The minimum atomic E-state index is 0.00995. The first-order chi connectivity index (χ1) is 18.4. The topological polar surface area (TPSA) is 85.0 Å². The lowest BCUT2D eigenvalue weighted by Gasteiger charge is -2.30. The maximum atomic E-state index is 9.65. The molecule has 6 heteroatoms. The summed E-state index contributed by atoms with van der Waals surface area (Å²) in [6, 6.07) is 10.7. The lowest BCUT2D eigenvalue weighted by atomic mass is 9.87. The lowest BCUT2D eigenvalue weighted by Crippen LogP contribution is -2.42. The van der Waals surface area contributed by atoms with Crippen LogP contribution < -0.4 is 16.0 Å². The molecule has 6 nitrogen and oxygen atoms in total. The molecule has 0 radical (unpaired) electrons. The van der Waals surface area contributed by atoms with Crippen LogP contribution in [-0.4, -0.2) is 41.8 Å². The average Bonchev–Trinajstić information content (AvgIpc) is 3.41. The van der Waals surface area contributed by atoms with Gasteiger partial charge in [0.15, 0.2) is 0 Å². The summed E-state index contributed by atoms with van der Waals surface area (Å²) in [5.74, 6) is 0.820. The number of aliphatic hydroxyl groups excluding tert-OH is 1. The van der Waals surface area contributed by atoms with Gasteiger partial charge in [-0.05, 0) is 35.2 Å². The zero-order valence-electron chi connectivity index (χ0n) is 27.4. The highest BCUT2D eigenvalue weighted by molar-refractivity contribution is 5.91. The van der Waals surface area contributed by atoms with E-state index in [9.17, 15) is 5.11 Å². The number of H-pyrrole nitrogens is 1.